The Kier molecular flexibility index (Phi) is 3.97. The summed E-state index contributed by atoms with van der Waals surface area (Å²) in [4.78, 5) is 2.61. The van der Waals surface area contributed by atoms with Crippen LogP contribution in [0.25, 0.3) is 0 Å². The number of ether oxygens (including phenoxy) is 1. The molecule has 0 bridgehead atoms. The summed E-state index contributed by atoms with van der Waals surface area (Å²) in [6, 6.07) is 0. The summed E-state index contributed by atoms with van der Waals surface area (Å²) in [6.07, 6.45) is 5.74. The molecule has 0 spiro atoms. The van der Waals surface area contributed by atoms with Crippen LogP contribution in [-0.4, -0.2) is 43.0 Å². The Balaban J connectivity index is 1.69. The standard InChI is InChI=1S/C12H23NOS/c1-2-14-11-3-7-13(8-4-11)9-12(10-15)5-6-12/h11,15H,2-10H2,1H3. The van der Waals surface area contributed by atoms with Crippen molar-refractivity contribution in [3.8, 4) is 0 Å². The number of likely N-dealkylation sites (tertiary alicyclic amines) is 1. The van der Waals surface area contributed by atoms with Gasteiger partial charge in [0.15, 0.2) is 0 Å². The van der Waals surface area contributed by atoms with Crippen molar-refractivity contribution in [3.63, 3.8) is 0 Å². The molecule has 1 saturated carbocycles. The Morgan fingerprint density at radius 3 is 2.47 bits per heavy atom. The Bertz CT molecular complexity index is 198. The molecule has 2 aliphatic rings. The van der Waals surface area contributed by atoms with Crippen LogP contribution in [0.4, 0.5) is 0 Å². The van der Waals surface area contributed by atoms with Crippen molar-refractivity contribution in [2.75, 3.05) is 32.0 Å². The molecular weight excluding hydrogens is 206 g/mol. The van der Waals surface area contributed by atoms with E-state index in [0.29, 0.717) is 11.5 Å². The first-order valence-electron chi connectivity index (χ1n) is 6.23. The minimum atomic E-state index is 0.525. The molecule has 2 rings (SSSR count). The van der Waals surface area contributed by atoms with E-state index in [9.17, 15) is 0 Å². The largest absolute Gasteiger partial charge is 0.378 e. The zero-order valence-corrected chi connectivity index (χ0v) is 10.6. The van der Waals surface area contributed by atoms with E-state index < -0.39 is 0 Å². The monoisotopic (exact) mass is 229 g/mol. The molecule has 88 valence electrons. The smallest absolute Gasteiger partial charge is 0.0599 e. The quantitative estimate of drug-likeness (QED) is 0.726. The molecule has 0 aromatic rings. The number of nitrogens with zero attached hydrogens (tertiary/aromatic N) is 1. The van der Waals surface area contributed by atoms with Crippen LogP contribution in [0.2, 0.25) is 0 Å². The molecule has 0 unspecified atom stereocenters. The molecule has 1 aliphatic carbocycles. The third-order valence-corrected chi connectivity index (χ3v) is 4.46. The van der Waals surface area contributed by atoms with Gasteiger partial charge in [0.2, 0.25) is 0 Å². The summed E-state index contributed by atoms with van der Waals surface area (Å²) in [7, 11) is 0. The van der Waals surface area contributed by atoms with Gasteiger partial charge in [0.1, 0.15) is 0 Å². The van der Waals surface area contributed by atoms with Gasteiger partial charge in [-0.05, 0) is 43.8 Å². The number of rotatable bonds is 5. The summed E-state index contributed by atoms with van der Waals surface area (Å²) in [5, 5.41) is 0. The second-order valence-corrected chi connectivity index (χ2v) is 5.41. The molecule has 1 saturated heterocycles. The lowest BCUT2D eigenvalue weighted by Crippen LogP contribution is -2.40. The fourth-order valence-corrected chi connectivity index (χ4v) is 2.90. The highest BCUT2D eigenvalue weighted by atomic mass is 32.1. The lowest BCUT2D eigenvalue weighted by molar-refractivity contribution is 0.0108. The fraction of sp³-hybridized carbons (Fsp3) is 1.00. The minimum Gasteiger partial charge on any atom is -0.378 e. The van der Waals surface area contributed by atoms with Crippen LogP contribution in [0.1, 0.15) is 32.6 Å². The number of thiol groups is 1. The third-order valence-electron chi connectivity index (χ3n) is 3.79. The average Bonchev–Trinajstić information content (AvgIpc) is 3.02. The summed E-state index contributed by atoms with van der Waals surface area (Å²) >= 11 is 4.46. The van der Waals surface area contributed by atoms with E-state index >= 15 is 0 Å². The first-order valence-corrected chi connectivity index (χ1v) is 6.86. The number of hydrogen-bond donors (Lipinski definition) is 1. The summed E-state index contributed by atoms with van der Waals surface area (Å²) in [5.41, 5.74) is 0.585. The van der Waals surface area contributed by atoms with Crippen molar-refractivity contribution in [2.45, 2.75) is 38.7 Å². The summed E-state index contributed by atoms with van der Waals surface area (Å²) < 4.78 is 5.66. The Hall–Kier alpha value is 0.270. The Labute approximate surface area is 98.8 Å². The van der Waals surface area contributed by atoms with E-state index in [1.165, 1.54) is 45.3 Å². The topological polar surface area (TPSA) is 12.5 Å². The molecule has 0 atom stereocenters. The van der Waals surface area contributed by atoms with Crippen LogP contribution in [0, 0.1) is 5.41 Å². The fourth-order valence-electron chi connectivity index (χ4n) is 2.49. The summed E-state index contributed by atoms with van der Waals surface area (Å²) in [5.74, 6) is 1.07. The first kappa shape index (κ1) is 11.7. The maximum absolute atomic E-state index is 5.66. The molecule has 1 aliphatic heterocycles. The van der Waals surface area contributed by atoms with Crippen LogP contribution in [-0.2, 0) is 4.74 Å². The van der Waals surface area contributed by atoms with Crippen molar-refractivity contribution in [2.24, 2.45) is 5.41 Å². The maximum Gasteiger partial charge on any atom is 0.0599 e. The highest BCUT2D eigenvalue weighted by Crippen LogP contribution is 2.47. The summed E-state index contributed by atoms with van der Waals surface area (Å²) in [6.45, 7) is 6.67. The van der Waals surface area contributed by atoms with Gasteiger partial charge in [-0.2, -0.15) is 12.6 Å². The molecule has 0 radical (unpaired) electrons. The van der Waals surface area contributed by atoms with Gasteiger partial charge >= 0.3 is 0 Å². The van der Waals surface area contributed by atoms with Crippen LogP contribution >= 0.6 is 12.6 Å². The van der Waals surface area contributed by atoms with Crippen molar-refractivity contribution < 1.29 is 4.74 Å². The van der Waals surface area contributed by atoms with E-state index in [1.807, 2.05) is 0 Å². The second-order valence-electron chi connectivity index (χ2n) is 5.09. The van der Waals surface area contributed by atoms with Crippen LogP contribution < -0.4 is 0 Å². The highest BCUT2D eigenvalue weighted by molar-refractivity contribution is 7.80. The third kappa shape index (κ3) is 3.11. The van der Waals surface area contributed by atoms with Gasteiger partial charge in [0.05, 0.1) is 6.10 Å². The average molecular weight is 229 g/mol. The Morgan fingerprint density at radius 1 is 1.33 bits per heavy atom. The van der Waals surface area contributed by atoms with Gasteiger partial charge in [-0.1, -0.05) is 0 Å². The van der Waals surface area contributed by atoms with Gasteiger partial charge in [0.25, 0.3) is 0 Å². The lowest BCUT2D eigenvalue weighted by Gasteiger charge is -2.33. The van der Waals surface area contributed by atoms with Gasteiger partial charge in [-0.25, -0.2) is 0 Å². The lowest BCUT2D eigenvalue weighted by atomic mass is 10.0. The zero-order chi connectivity index (χ0) is 10.7. The van der Waals surface area contributed by atoms with E-state index in [-0.39, 0.29) is 0 Å². The predicted molar refractivity (Wildman–Crippen MR) is 66.6 cm³/mol. The molecular formula is C12H23NOS. The predicted octanol–water partition coefficient (Wildman–Crippen LogP) is 2.20. The van der Waals surface area contributed by atoms with Crippen molar-refractivity contribution in [3.05, 3.63) is 0 Å². The van der Waals surface area contributed by atoms with Crippen LogP contribution in [0.15, 0.2) is 0 Å². The van der Waals surface area contributed by atoms with Crippen LogP contribution in [0.3, 0.4) is 0 Å². The zero-order valence-electron chi connectivity index (χ0n) is 9.74. The normalized spacial score (nSPS) is 26.8. The molecule has 0 aromatic carbocycles. The highest BCUT2D eigenvalue weighted by Gasteiger charge is 2.42. The van der Waals surface area contributed by atoms with E-state index in [4.69, 9.17) is 4.74 Å². The molecule has 3 heteroatoms. The molecule has 0 N–H and O–H groups in total. The van der Waals surface area contributed by atoms with Crippen molar-refractivity contribution in [1.82, 2.24) is 4.90 Å². The van der Waals surface area contributed by atoms with Crippen molar-refractivity contribution in [1.29, 1.82) is 0 Å². The van der Waals surface area contributed by atoms with Gasteiger partial charge in [-0.3, -0.25) is 0 Å². The van der Waals surface area contributed by atoms with Crippen LogP contribution in [0.5, 0.6) is 0 Å². The van der Waals surface area contributed by atoms with Gasteiger partial charge in [0, 0.05) is 26.2 Å². The molecule has 2 fully saturated rings. The van der Waals surface area contributed by atoms with Gasteiger partial charge < -0.3 is 9.64 Å². The van der Waals surface area contributed by atoms with E-state index in [0.717, 1.165) is 12.4 Å². The second kappa shape index (κ2) is 5.07. The molecule has 2 nitrogen and oxygen atoms in total. The molecule has 0 aromatic heterocycles. The molecule has 1 heterocycles. The first-order chi connectivity index (χ1) is 7.28. The minimum absolute atomic E-state index is 0.525. The SMILES string of the molecule is CCOC1CCN(CC2(CS)CC2)CC1. The van der Waals surface area contributed by atoms with Gasteiger partial charge in [-0.15, -0.1) is 0 Å². The number of hydrogen-bond acceptors (Lipinski definition) is 3. The molecule has 15 heavy (non-hydrogen) atoms. The Morgan fingerprint density at radius 2 is 2.00 bits per heavy atom. The van der Waals surface area contributed by atoms with E-state index in [2.05, 4.69) is 24.5 Å². The van der Waals surface area contributed by atoms with E-state index in [1.54, 1.807) is 0 Å². The number of piperidine rings is 1. The molecule has 0 amide bonds. The van der Waals surface area contributed by atoms with Crippen molar-refractivity contribution >= 4 is 12.6 Å². The maximum atomic E-state index is 5.66.